The van der Waals surface area contributed by atoms with E-state index in [1.54, 1.807) is 32.9 Å². The number of carbonyl (C=O) groups excluding carboxylic acids is 1. The highest BCUT2D eigenvalue weighted by atomic mass is 19.1. The summed E-state index contributed by atoms with van der Waals surface area (Å²) in [6, 6.07) is 3.14. The van der Waals surface area contributed by atoms with Crippen LogP contribution in [0.3, 0.4) is 0 Å². The zero-order chi connectivity index (χ0) is 18.9. The van der Waals surface area contributed by atoms with Gasteiger partial charge in [0.05, 0.1) is 18.2 Å². The Bertz CT molecular complexity index is 648. The third-order valence-electron chi connectivity index (χ3n) is 2.59. The summed E-state index contributed by atoms with van der Waals surface area (Å²) in [6.07, 6.45) is 3.40. The fourth-order valence-electron chi connectivity index (χ4n) is 1.53. The molecular formula is C17H21FN2O5. The predicted molar refractivity (Wildman–Crippen MR) is 89.8 cm³/mol. The molecule has 25 heavy (non-hydrogen) atoms. The molecule has 0 bridgehead atoms. The highest BCUT2D eigenvalue weighted by Gasteiger charge is 2.16. The third kappa shape index (κ3) is 9.09. The van der Waals surface area contributed by atoms with E-state index in [1.165, 1.54) is 12.3 Å². The molecule has 0 unspecified atom stereocenters. The standard InChI is InChI=1S/C17H21FN2O5/c1-17(2,3)25-16(23)20-9-12(8-18)11-24-14-6-4-13(19-10-14)5-7-15(21)22/h4-8,10H,9,11H2,1-3H3,(H,20,23)(H,21,22)/b7-5+,12-8+. The van der Waals surface area contributed by atoms with Gasteiger partial charge in [-0.15, -0.1) is 0 Å². The number of nitrogens with zero attached hydrogens (tertiary/aromatic N) is 1. The van der Waals surface area contributed by atoms with Crippen LogP contribution >= 0.6 is 0 Å². The van der Waals surface area contributed by atoms with E-state index in [0.717, 1.165) is 6.08 Å². The average molecular weight is 352 g/mol. The summed E-state index contributed by atoms with van der Waals surface area (Å²) < 4.78 is 23.3. The fraction of sp³-hybridized carbons (Fsp3) is 0.353. The second-order valence-electron chi connectivity index (χ2n) is 6.00. The van der Waals surface area contributed by atoms with Gasteiger partial charge in [-0.05, 0) is 39.0 Å². The number of pyridine rings is 1. The number of aromatic nitrogens is 1. The van der Waals surface area contributed by atoms with Gasteiger partial charge in [0, 0.05) is 18.2 Å². The van der Waals surface area contributed by atoms with E-state index in [2.05, 4.69) is 10.3 Å². The van der Waals surface area contributed by atoms with E-state index >= 15 is 0 Å². The Balaban J connectivity index is 2.47. The summed E-state index contributed by atoms with van der Waals surface area (Å²) in [4.78, 5) is 25.9. The number of carbonyl (C=O) groups is 2. The summed E-state index contributed by atoms with van der Waals surface area (Å²) in [5, 5.41) is 11.0. The monoisotopic (exact) mass is 352 g/mol. The smallest absolute Gasteiger partial charge is 0.407 e. The van der Waals surface area contributed by atoms with Gasteiger partial charge in [0.2, 0.25) is 0 Å². The minimum absolute atomic E-state index is 0.0573. The first kappa shape index (κ1) is 20.1. The Morgan fingerprint density at radius 2 is 2.08 bits per heavy atom. The molecule has 1 aromatic heterocycles. The number of rotatable bonds is 7. The highest BCUT2D eigenvalue weighted by Crippen LogP contribution is 2.12. The van der Waals surface area contributed by atoms with Gasteiger partial charge in [0.25, 0.3) is 0 Å². The van der Waals surface area contributed by atoms with Crippen molar-refractivity contribution in [3.05, 3.63) is 42.0 Å². The van der Waals surface area contributed by atoms with Crippen molar-refractivity contribution in [2.75, 3.05) is 13.2 Å². The quantitative estimate of drug-likeness (QED) is 0.732. The highest BCUT2D eigenvalue weighted by molar-refractivity contribution is 5.84. The van der Waals surface area contributed by atoms with Crippen LogP contribution in [0.25, 0.3) is 6.08 Å². The number of amides is 1. The maximum Gasteiger partial charge on any atom is 0.407 e. The summed E-state index contributed by atoms with van der Waals surface area (Å²) in [5.41, 5.74) is 0.0196. The van der Waals surface area contributed by atoms with Crippen LogP contribution in [-0.2, 0) is 9.53 Å². The first-order valence-corrected chi connectivity index (χ1v) is 7.44. The van der Waals surface area contributed by atoms with Crippen molar-refractivity contribution in [1.29, 1.82) is 0 Å². The molecule has 0 aliphatic heterocycles. The lowest BCUT2D eigenvalue weighted by molar-refractivity contribution is -0.131. The van der Waals surface area contributed by atoms with E-state index in [4.69, 9.17) is 14.6 Å². The lowest BCUT2D eigenvalue weighted by atomic mass is 10.2. The predicted octanol–water partition coefficient (Wildman–Crippen LogP) is 2.94. The van der Waals surface area contributed by atoms with E-state index in [-0.39, 0.29) is 18.7 Å². The molecule has 8 heteroatoms. The number of halogens is 1. The SMILES string of the molecule is CC(C)(C)OC(=O)NC/C(=C\F)COc1ccc(/C=C/C(=O)O)nc1. The summed E-state index contributed by atoms with van der Waals surface area (Å²) >= 11 is 0. The zero-order valence-electron chi connectivity index (χ0n) is 14.3. The van der Waals surface area contributed by atoms with Crippen LogP contribution in [-0.4, -0.2) is 40.9 Å². The fourth-order valence-corrected chi connectivity index (χ4v) is 1.53. The number of carboxylic acid groups (broad SMARTS) is 1. The molecule has 0 aromatic carbocycles. The van der Waals surface area contributed by atoms with Crippen LogP contribution < -0.4 is 10.1 Å². The minimum Gasteiger partial charge on any atom is -0.487 e. The molecule has 0 fully saturated rings. The van der Waals surface area contributed by atoms with E-state index in [9.17, 15) is 14.0 Å². The number of nitrogens with one attached hydrogen (secondary N) is 1. The van der Waals surface area contributed by atoms with Crippen molar-refractivity contribution in [1.82, 2.24) is 10.3 Å². The van der Waals surface area contributed by atoms with Gasteiger partial charge in [-0.3, -0.25) is 4.98 Å². The van der Waals surface area contributed by atoms with Gasteiger partial charge in [0.1, 0.15) is 18.0 Å². The second kappa shape index (κ2) is 9.41. The number of carboxylic acids is 1. The molecular weight excluding hydrogens is 331 g/mol. The van der Waals surface area contributed by atoms with Gasteiger partial charge in [-0.1, -0.05) is 0 Å². The zero-order valence-corrected chi connectivity index (χ0v) is 14.3. The molecule has 1 aromatic rings. The Hall–Kier alpha value is -2.90. The minimum atomic E-state index is -1.07. The van der Waals surface area contributed by atoms with Crippen LogP contribution in [0.5, 0.6) is 5.75 Å². The number of ether oxygens (including phenoxy) is 2. The van der Waals surface area contributed by atoms with Gasteiger partial charge in [0.15, 0.2) is 0 Å². The normalized spacial score (nSPS) is 12.1. The number of alkyl carbamates (subject to hydrolysis) is 1. The van der Waals surface area contributed by atoms with Crippen LogP contribution in [0.15, 0.2) is 36.3 Å². The Morgan fingerprint density at radius 1 is 1.36 bits per heavy atom. The van der Waals surface area contributed by atoms with Gasteiger partial charge in [-0.25, -0.2) is 14.0 Å². The molecule has 0 atom stereocenters. The molecule has 0 radical (unpaired) electrons. The van der Waals surface area contributed by atoms with E-state index in [0.29, 0.717) is 17.8 Å². The van der Waals surface area contributed by atoms with Crippen LogP contribution in [0.2, 0.25) is 0 Å². The maximum absolute atomic E-state index is 12.9. The molecule has 1 rings (SSSR count). The average Bonchev–Trinajstić information content (AvgIpc) is 2.52. The van der Waals surface area contributed by atoms with Crippen molar-refractivity contribution in [2.45, 2.75) is 26.4 Å². The van der Waals surface area contributed by atoms with Crippen LogP contribution in [0.1, 0.15) is 26.5 Å². The van der Waals surface area contributed by atoms with Gasteiger partial charge >= 0.3 is 12.1 Å². The molecule has 2 N–H and O–H groups in total. The largest absolute Gasteiger partial charge is 0.487 e. The topological polar surface area (TPSA) is 97.8 Å². The first-order chi connectivity index (χ1) is 11.7. The number of aliphatic carboxylic acids is 1. The van der Waals surface area contributed by atoms with Crippen molar-refractivity contribution in [3.8, 4) is 5.75 Å². The summed E-state index contributed by atoms with van der Waals surface area (Å²) in [5.74, 6) is -0.693. The van der Waals surface area contributed by atoms with Crippen molar-refractivity contribution in [2.24, 2.45) is 0 Å². The van der Waals surface area contributed by atoms with E-state index < -0.39 is 17.7 Å². The summed E-state index contributed by atoms with van der Waals surface area (Å²) in [6.45, 7) is 5.04. The molecule has 1 amide bonds. The van der Waals surface area contributed by atoms with Gasteiger partial charge < -0.3 is 19.9 Å². The van der Waals surface area contributed by atoms with Crippen molar-refractivity contribution >= 4 is 18.1 Å². The lowest BCUT2D eigenvalue weighted by Gasteiger charge is -2.20. The number of hydrogen-bond donors (Lipinski definition) is 2. The molecule has 0 aliphatic rings. The Morgan fingerprint density at radius 3 is 2.60 bits per heavy atom. The Labute approximate surface area is 145 Å². The molecule has 1 heterocycles. The summed E-state index contributed by atoms with van der Waals surface area (Å²) in [7, 11) is 0. The molecule has 136 valence electrons. The maximum atomic E-state index is 12.9. The third-order valence-corrected chi connectivity index (χ3v) is 2.59. The molecule has 0 spiro atoms. The Kier molecular flexibility index (Phi) is 7.58. The molecule has 0 saturated heterocycles. The lowest BCUT2D eigenvalue weighted by Crippen LogP contribution is -2.34. The first-order valence-electron chi connectivity index (χ1n) is 7.44. The van der Waals surface area contributed by atoms with Crippen LogP contribution in [0, 0.1) is 0 Å². The molecule has 7 nitrogen and oxygen atoms in total. The molecule has 0 aliphatic carbocycles. The van der Waals surface area contributed by atoms with Crippen molar-refractivity contribution in [3.63, 3.8) is 0 Å². The molecule has 0 saturated carbocycles. The van der Waals surface area contributed by atoms with E-state index in [1.807, 2.05) is 0 Å². The number of hydrogen-bond acceptors (Lipinski definition) is 5. The van der Waals surface area contributed by atoms with Crippen molar-refractivity contribution < 1.29 is 28.6 Å². The van der Waals surface area contributed by atoms with Gasteiger partial charge in [-0.2, -0.15) is 0 Å². The second-order valence-corrected chi connectivity index (χ2v) is 6.00. The van der Waals surface area contributed by atoms with Crippen LogP contribution in [0.4, 0.5) is 9.18 Å².